The molecule has 0 amide bonds. The van der Waals surface area contributed by atoms with E-state index >= 15 is 0 Å². The number of aryl methyl sites for hydroxylation is 2. The minimum absolute atomic E-state index is 0.113. The first-order valence-electron chi connectivity index (χ1n) is 5.35. The van der Waals surface area contributed by atoms with Gasteiger partial charge in [0.1, 0.15) is 11.6 Å². The molecule has 1 aromatic heterocycles. The molecule has 2 aromatic rings. The lowest BCUT2D eigenvalue weighted by Crippen LogP contribution is -2.06. The summed E-state index contributed by atoms with van der Waals surface area (Å²) in [4.78, 5) is 0. The van der Waals surface area contributed by atoms with Crippen molar-refractivity contribution in [2.75, 3.05) is 5.32 Å². The van der Waals surface area contributed by atoms with Crippen LogP contribution in [-0.4, -0.2) is 9.78 Å². The first-order chi connectivity index (χ1) is 8.47. The molecule has 1 heterocycles. The molecule has 0 saturated heterocycles. The van der Waals surface area contributed by atoms with E-state index in [4.69, 9.17) is 0 Å². The van der Waals surface area contributed by atoms with Gasteiger partial charge >= 0.3 is 0 Å². The van der Waals surface area contributed by atoms with Crippen LogP contribution in [0.3, 0.4) is 0 Å². The molecule has 3 nitrogen and oxygen atoms in total. The van der Waals surface area contributed by atoms with Gasteiger partial charge in [-0.15, -0.1) is 0 Å². The van der Waals surface area contributed by atoms with Crippen molar-refractivity contribution >= 4 is 21.6 Å². The van der Waals surface area contributed by atoms with Crippen molar-refractivity contribution in [2.24, 2.45) is 7.05 Å². The summed E-state index contributed by atoms with van der Waals surface area (Å²) in [5, 5.41) is 7.03. The second-order valence-corrected chi connectivity index (χ2v) is 4.85. The predicted octanol–water partition coefficient (Wildman–Crippen LogP) is 3.38. The molecule has 0 radical (unpaired) electrons. The molecule has 6 heteroatoms. The molecule has 18 heavy (non-hydrogen) atoms. The highest BCUT2D eigenvalue weighted by molar-refractivity contribution is 9.10. The number of nitrogens with zero attached hydrogens (tertiary/aromatic N) is 2. The van der Waals surface area contributed by atoms with Crippen molar-refractivity contribution in [1.29, 1.82) is 0 Å². The van der Waals surface area contributed by atoms with Crippen LogP contribution in [0.1, 0.15) is 11.4 Å². The number of halogens is 3. The third-order valence-corrected chi connectivity index (χ3v) is 3.18. The number of hydrogen-bond donors (Lipinski definition) is 1. The van der Waals surface area contributed by atoms with E-state index in [0.717, 1.165) is 23.5 Å². The summed E-state index contributed by atoms with van der Waals surface area (Å²) in [7, 11) is 1.81. The average Bonchev–Trinajstić information content (AvgIpc) is 2.61. The smallest absolute Gasteiger partial charge is 0.147 e. The summed E-state index contributed by atoms with van der Waals surface area (Å²) in [5.41, 5.74) is 1.92. The summed E-state index contributed by atoms with van der Waals surface area (Å²) in [5.74, 6) is -0.998. The Morgan fingerprint density at radius 3 is 2.61 bits per heavy atom. The third-order valence-electron chi connectivity index (χ3n) is 2.57. The van der Waals surface area contributed by atoms with Gasteiger partial charge in [0.25, 0.3) is 0 Å². The maximum Gasteiger partial charge on any atom is 0.147 e. The lowest BCUT2D eigenvalue weighted by Gasteiger charge is -2.08. The van der Waals surface area contributed by atoms with Crippen LogP contribution in [0.5, 0.6) is 0 Å². The van der Waals surface area contributed by atoms with Crippen molar-refractivity contribution in [3.05, 3.63) is 45.7 Å². The molecule has 0 aliphatic rings. The van der Waals surface area contributed by atoms with Gasteiger partial charge in [-0.2, -0.15) is 5.10 Å². The summed E-state index contributed by atoms with van der Waals surface area (Å²) in [6.07, 6.45) is 0. The first-order valence-corrected chi connectivity index (χ1v) is 6.14. The minimum Gasteiger partial charge on any atom is -0.377 e. The van der Waals surface area contributed by atoms with E-state index in [2.05, 4.69) is 26.3 Å². The molecule has 0 spiro atoms. The highest BCUT2D eigenvalue weighted by Gasteiger charge is 2.09. The third kappa shape index (κ3) is 2.69. The summed E-state index contributed by atoms with van der Waals surface area (Å²) in [6, 6.07) is 4.12. The van der Waals surface area contributed by atoms with E-state index in [1.807, 2.05) is 20.0 Å². The van der Waals surface area contributed by atoms with Crippen LogP contribution in [-0.2, 0) is 13.6 Å². The summed E-state index contributed by atoms with van der Waals surface area (Å²) < 4.78 is 28.7. The second-order valence-electron chi connectivity index (χ2n) is 4.00. The Balaban J connectivity index is 2.15. The largest absolute Gasteiger partial charge is 0.377 e. The van der Waals surface area contributed by atoms with Crippen LogP contribution in [0.4, 0.5) is 14.5 Å². The molecule has 0 atom stereocenters. The number of benzene rings is 1. The molecule has 0 fully saturated rings. The Bertz CT molecular complexity index is 581. The van der Waals surface area contributed by atoms with E-state index in [1.54, 1.807) is 4.68 Å². The Morgan fingerprint density at radius 1 is 1.28 bits per heavy atom. The van der Waals surface area contributed by atoms with Crippen LogP contribution >= 0.6 is 15.9 Å². The van der Waals surface area contributed by atoms with Crippen molar-refractivity contribution in [2.45, 2.75) is 13.5 Å². The normalized spacial score (nSPS) is 10.7. The quantitative estimate of drug-likeness (QED) is 0.880. The summed E-state index contributed by atoms with van der Waals surface area (Å²) >= 11 is 2.93. The number of hydrogen-bond acceptors (Lipinski definition) is 2. The zero-order valence-electron chi connectivity index (χ0n) is 9.97. The van der Waals surface area contributed by atoms with Crippen molar-refractivity contribution in [3.63, 3.8) is 0 Å². The Kier molecular flexibility index (Phi) is 3.65. The van der Waals surface area contributed by atoms with Crippen LogP contribution < -0.4 is 5.32 Å². The monoisotopic (exact) mass is 315 g/mol. The van der Waals surface area contributed by atoms with Gasteiger partial charge in [0.05, 0.1) is 28.1 Å². The number of anilines is 1. The molecule has 0 bridgehead atoms. The topological polar surface area (TPSA) is 29.9 Å². The van der Waals surface area contributed by atoms with E-state index in [9.17, 15) is 8.78 Å². The van der Waals surface area contributed by atoms with E-state index in [0.29, 0.717) is 6.54 Å². The summed E-state index contributed by atoms with van der Waals surface area (Å²) in [6.45, 7) is 2.26. The SMILES string of the molecule is Cc1cc(CNc2cc(F)c(Br)cc2F)n(C)n1. The van der Waals surface area contributed by atoms with Gasteiger partial charge in [-0.3, -0.25) is 4.68 Å². The minimum atomic E-state index is -0.500. The lowest BCUT2D eigenvalue weighted by molar-refractivity contribution is 0.596. The molecule has 0 aliphatic heterocycles. The fourth-order valence-electron chi connectivity index (χ4n) is 1.67. The Labute approximate surface area is 112 Å². The molecule has 0 unspecified atom stereocenters. The highest BCUT2D eigenvalue weighted by atomic mass is 79.9. The van der Waals surface area contributed by atoms with E-state index < -0.39 is 11.6 Å². The van der Waals surface area contributed by atoms with E-state index in [-0.39, 0.29) is 10.2 Å². The van der Waals surface area contributed by atoms with Crippen molar-refractivity contribution < 1.29 is 8.78 Å². The second kappa shape index (κ2) is 5.06. The van der Waals surface area contributed by atoms with Crippen molar-refractivity contribution in [1.82, 2.24) is 9.78 Å². The molecule has 0 aliphatic carbocycles. The fraction of sp³-hybridized carbons (Fsp3) is 0.250. The molecular formula is C12H12BrF2N3. The van der Waals surface area contributed by atoms with Crippen LogP contribution in [0, 0.1) is 18.6 Å². The van der Waals surface area contributed by atoms with Crippen molar-refractivity contribution in [3.8, 4) is 0 Å². The van der Waals surface area contributed by atoms with Crippen LogP contribution in [0.2, 0.25) is 0 Å². The number of rotatable bonds is 3. The number of aromatic nitrogens is 2. The first kappa shape index (κ1) is 13.0. The lowest BCUT2D eigenvalue weighted by atomic mass is 10.3. The molecule has 0 saturated carbocycles. The van der Waals surface area contributed by atoms with Gasteiger partial charge in [0.15, 0.2) is 0 Å². The standard InChI is InChI=1S/C12H12BrF2N3/c1-7-3-8(18(2)17-7)6-16-12-5-10(14)9(13)4-11(12)15/h3-5,16H,6H2,1-2H3. The molecule has 2 rings (SSSR count). The molecule has 1 N–H and O–H groups in total. The Hall–Kier alpha value is -1.43. The average molecular weight is 316 g/mol. The number of nitrogens with one attached hydrogen (secondary N) is 1. The maximum absolute atomic E-state index is 13.6. The zero-order chi connectivity index (χ0) is 13.3. The Morgan fingerprint density at radius 2 is 2.00 bits per heavy atom. The van der Waals surface area contributed by atoms with Gasteiger partial charge < -0.3 is 5.32 Å². The van der Waals surface area contributed by atoms with E-state index in [1.165, 1.54) is 0 Å². The highest BCUT2D eigenvalue weighted by Crippen LogP contribution is 2.23. The van der Waals surface area contributed by atoms with Crippen LogP contribution in [0.25, 0.3) is 0 Å². The zero-order valence-corrected chi connectivity index (χ0v) is 11.6. The molecule has 1 aromatic carbocycles. The van der Waals surface area contributed by atoms with Gasteiger partial charge in [-0.1, -0.05) is 0 Å². The van der Waals surface area contributed by atoms with Gasteiger partial charge in [0.2, 0.25) is 0 Å². The van der Waals surface area contributed by atoms with Gasteiger partial charge in [0, 0.05) is 13.1 Å². The van der Waals surface area contributed by atoms with Gasteiger partial charge in [-0.05, 0) is 35.0 Å². The van der Waals surface area contributed by atoms with Crippen LogP contribution in [0.15, 0.2) is 22.7 Å². The molecular weight excluding hydrogens is 304 g/mol. The predicted molar refractivity (Wildman–Crippen MR) is 69.3 cm³/mol. The maximum atomic E-state index is 13.6. The molecule has 96 valence electrons. The fourth-order valence-corrected chi connectivity index (χ4v) is 1.99. The van der Waals surface area contributed by atoms with Gasteiger partial charge in [-0.25, -0.2) is 8.78 Å².